The lowest BCUT2D eigenvalue weighted by Crippen LogP contribution is -1.95. The zero-order valence-electron chi connectivity index (χ0n) is 6.83. The van der Waals surface area contributed by atoms with Gasteiger partial charge in [-0.3, -0.25) is 0 Å². The van der Waals surface area contributed by atoms with E-state index in [4.69, 9.17) is 17.3 Å². The summed E-state index contributed by atoms with van der Waals surface area (Å²) in [6.45, 7) is 0.586. The molecule has 0 bridgehead atoms. The second-order valence-corrected chi connectivity index (χ2v) is 2.81. The van der Waals surface area contributed by atoms with Crippen molar-refractivity contribution >= 4 is 17.7 Å². The predicted octanol–water partition coefficient (Wildman–Crippen LogP) is 2.40. The first kappa shape index (κ1) is 9.30. The zero-order valence-corrected chi connectivity index (χ0v) is 7.59. The number of rotatable bonds is 3. The van der Waals surface area contributed by atoms with Gasteiger partial charge in [0.25, 0.3) is 0 Å². The highest BCUT2D eigenvalue weighted by Crippen LogP contribution is 2.06. The number of benzene rings is 1. The van der Waals surface area contributed by atoms with Gasteiger partial charge in [-0.15, -0.1) is 11.6 Å². The minimum atomic E-state index is 0.548. The number of halogens is 1. The van der Waals surface area contributed by atoms with E-state index in [1.165, 1.54) is 0 Å². The van der Waals surface area contributed by atoms with Gasteiger partial charge in [0.05, 0.1) is 0 Å². The molecule has 0 aromatic heterocycles. The minimum absolute atomic E-state index is 0.548. The van der Waals surface area contributed by atoms with E-state index in [2.05, 4.69) is 6.07 Å². The van der Waals surface area contributed by atoms with Crippen LogP contribution in [0.5, 0.6) is 0 Å². The van der Waals surface area contributed by atoms with E-state index in [1.807, 2.05) is 30.4 Å². The van der Waals surface area contributed by atoms with Crippen molar-refractivity contribution in [3.63, 3.8) is 0 Å². The highest BCUT2D eigenvalue weighted by atomic mass is 35.5. The molecule has 0 heterocycles. The van der Waals surface area contributed by atoms with Crippen LogP contribution in [0.2, 0.25) is 0 Å². The van der Waals surface area contributed by atoms with Crippen molar-refractivity contribution in [1.82, 2.24) is 0 Å². The summed E-state index contributed by atoms with van der Waals surface area (Å²) in [6.07, 6.45) is 3.91. The molecule has 0 radical (unpaired) electrons. The summed E-state index contributed by atoms with van der Waals surface area (Å²) >= 11 is 5.51. The summed E-state index contributed by atoms with van der Waals surface area (Å²) in [4.78, 5) is 0. The molecule has 0 spiro atoms. The summed E-state index contributed by atoms with van der Waals surface area (Å²) in [5.41, 5.74) is 7.79. The quantitative estimate of drug-likeness (QED) is 0.713. The van der Waals surface area contributed by atoms with Crippen molar-refractivity contribution in [2.24, 2.45) is 5.73 Å². The van der Waals surface area contributed by atoms with Gasteiger partial charge in [0.2, 0.25) is 0 Å². The Morgan fingerprint density at radius 2 is 2.25 bits per heavy atom. The SMILES string of the molecule is NCc1cccc(C=CCCl)c1. The molecule has 1 aromatic carbocycles. The Bertz CT molecular complexity index is 268. The molecule has 0 aliphatic rings. The van der Waals surface area contributed by atoms with Crippen LogP contribution in [-0.4, -0.2) is 5.88 Å². The third kappa shape index (κ3) is 2.68. The van der Waals surface area contributed by atoms with Crippen LogP contribution in [0.15, 0.2) is 30.3 Å². The minimum Gasteiger partial charge on any atom is -0.326 e. The van der Waals surface area contributed by atoms with E-state index in [9.17, 15) is 0 Å². The smallest absolute Gasteiger partial charge is 0.0407 e. The molecule has 0 saturated heterocycles. The van der Waals surface area contributed by atoms with Crippen LogP contribution in [-0.2, 0) is 6.54 Å². The van der Waals surface area contributed by atoms with Crippen molar-refractivity contribution in [3.8, 4) is 0 Å². The van der Waals surface area contributed by atoms with Crippen LogP contribution < -0.4 is 5.73 Å². The largest absolute Gasteiger partial charge is 0.326 e. The summed E-state index contributed by atoms with van der Waals surface area (Å²) < 4.78 is 0. The molecule has 0 amide bonds. The summed E-state index contributed by atoms with van der Waals surface area (Å²) in [6, 6.07) is 8.10. The summed E-state index contributed by atoms with van der Waals surface area (Å²) in [7, 11) is 0. The molecule has 1 aromatic rings. The molecule has 0 aliphatic heterocycles. The van der Waals surface area contributed by atoms with Gasteiger partial charge in [0, 0.05) is 12.4 Å². The molecule has 0 unspecified atom stereocenters. The maximum absolute atomic E-state index is 5.51. The Kier molecular flexibility index (Phi) is 3.85. The molecule has 64 valence electrons. The topological polar surface area (TPSA) is 26.0 Å². The van der Waals surface area contributed by atoms with Crippen molar-refractivity contribution in [3.05, 3.63) is 41.5 Å². The van der Waals surface area contributed by atoms with Gasteiger partial charge < -0.3 is 5.73 Å². The molecule has 2 N–H and O–H groups in total. The lowest BCUT2D eigenvalue weighted by molar-refractivity contribution is 1.07. The first-order chi connectivity index (χ1) is 5.86. The molecule has 0 saturated carbocycles. The lowest BCUT2D eigenvalue weighted by Gasteiger charge is -1.97. The molecular weight excluding hydrogens is 170 g/mol. The van der Waals surface area contributed by atoms with Gasteiger partial charge in [0.15, 0.2) is 0 Å². The van der Waals surface area contributed by atoms with Gasteiger partial charge in [-0.05, 0) is 11.1 Å². The Morgan fingerprint density at radius 1 is 1.42 bits per heavy atom. The fraction of sp³-hybridized carbons (Fsp3) is 0.200. The molecule has 1 rings (SSSR count). The number of nitrogens with two attached hydrogens (primary N) is 1. The highest BCUT2D eigenvalue weighted by Gasteiger charge is 1.89. The van der Waals surface area contributed by atoms with E-state index in [1.54, 1.807) is 0 Å². The monoisotopic (exact) mass is 181 g/mol. The lowest BCUT2D eigenvalue weighted by atomic mass is 10.1. The molecule has 12 heavy (non-hydrogen) atoms. The second kappa shape index (κ2) is 4.96. The van der Waals surface area contributed by atoms with Gasteiger partial charge in [-0.1, -0.05) is 36.4 Å². The fourth-order valence-electron chi connectivity index (χ4n) is 1.00. The van der Waals surface area contributed by atoms with Crippen molar-refractivity contribution in [1.29, 1.82) is 0 Å². The Balaban J connectivity index is 2.79. The van der Waals surface area contributed by atoms with Crippen molar-refractivity contribution in [2.45, 2.75) is 6.54 Å². The normalized spacial score (nSPS) is 10.8. The van der Waals surface area contributed by atoms with Crippen LogP contribution in [0.3, 0.4) is 0 Å². The van der Waals surface area contributed by atoms with E-state index in [-0.39, 0.29) is 0 Å². The molecule has 0 atom stereocenters. The zero-order chi connectivity index (χ0) is 8.81. The average molecular weight is 182 g/mol. The Labute approximate surface area is 77.8 Å². The van der Waals surface area contributed by atoms with Gasteiger partial charge in [0.1, 0.15) is 0 Å². The van der Waals surface area contributed by atoms with Crippen LogP contribution in [0.4, 0.5) is 0 Å². The van der Waals surface area contributed by atoms with Gasteiger partial charge >= 0.3 is 0 Å². The van der Waals surface area contributed by atoms with E-state index in [0.29, 0.717) is 12.4 Å². The first-order valence-electron chi connectivity index (χ1n) is 3.88. The fourth-order valence-corrected chi connectivity index (χ4v) is 1.09. The van der Waals surface area contributed by atoms with Crippen molar-refractivity contribution in [2.75, 3.05) is 5.88 Å². The van der Waals surface area contributed by atoms with Crippen LogP contribution in [0, 0.1) is 0 Å². The van der Waals surface area contributed by atoms with Crippen LogP contribution >= 0.6 is 11.6 Å². The van der Waals surface area contributed by atoms with Gasteiger partial charge in [-0.2, -0.15) is 0 Å². The van der Waals surface area contributed by atoms with E-state index in [0.717, 1.165) is 11.1 Å². The number of allylic oxidation sites excluding steroid dienone is 1. The standard InChI is InChI=1S/C10H12ClN/c11-6-2-5-9-3-1-4-10(7-9)8-12/h1-5,7H,6,8,12H2. The summed E-state index contributed by atoms with van der Waals surface area (Å²) in [5, 5.41) is 0. The van der Waals surface area contributed by atoms with Crippen LogP contribution in [0.1, 0.15) is 11.1 Å². The maximum Gasteiger partial charge on any atom is 0.0407 e. The number of hydrogen-bond acceptors (Lipinski definition) is 1. The predicted molar refractivity (Wildman–Crippen MR) is 54.1 cm³/mol. The van der Waals surface area contributed by atoms with E-state index < -0.39 is 0 Å². The molecule has 1 nitrogen and oxygen atoms in total. The van der Waals surface area contributed by atoms with Crippen LogP contribution in [0.25, 0.3) is 6.08 Å². The van der Waals surface area contributed by atoms with Crippen molar-refractivity contribution < 1.29 is 0 Å². The van der Waals surface area contributed by atoms with E-state index >= 15 is 0 Å². The third-order valence-electron chi connectivity index (χ3n) is 1.59. The molecule has 0 fully saturated rings. The van der Waals surface area contributed by atoms with Gasteiger partial charge in [-0.25, -0.2) is 0 Å². The molecule has 2 heteroatoms. The second-order valence-electron chi connectivity index (χ2n) is 2.51. The first-order valence-corrected chi connectivity index (χ1v) is 4.42. The Morgan fingerprint density at radius 3 is 2.92 bits per heavy atom. The summed E-state index contributed by atoms with van der Waals surface area (Å²) in [5.74, 6) is 0.548. The molecule has 0 aliphatic carbocycles. The maximum atomic E-state index is 5.51. The number of alkyl halides is 1. The average Bonchev–Trinajstić information content (AvgIpc) is 2.15. The highest BCUT2D eigenvalue weighted by molar-refractivity contribution is 6.19. The third-order valence-corrected chi connectivity index (χ3v) is 1.76. The Hall–Kier alpha value is -0.790. The number of hydrogen-bond donors (Lipinski definition) is 1. The molecular formula is C10H12ClN.